The Labute approximate surface area is 87.4 Å². The Hall–Kier alpha value is -1.90. The lowest BCUT2D eigenvalue weighted by Gasteiger charge is -2.19. The van der Waals surface area contributed by atoms with Gasteiger partial charge in [-0.05, 0) is 6.92 Å². The van der Waals surface area contributed by atoms with Crippen molar-refractivity contribution in [1.82, 2.24) is 9.97 Å². The molecule has 1 unspecified atom stereocenters. The van der Waals surface area contributed by atoms with E-state index in [0.717, 1.165) is 6.20 Å². The van der Waals surface area contributed by atoms with Crippen molar-refractivity contribution in [3.8, 4) is 6.07 Å². The summed E-state index contributed by atoms with van der Waals surface area (Å²) in [6.45, 7) is 2.14. The lowest BCUT2D eigenvalue weighted by atomic mass is 10.2. The second-order valence-corrected chi connectivity index (χ2v) is 3.31. The molecule has 80 valence electrons. The molecule has 0 saturated heterocycles. The molecule has 0 radical (unpaired) electrons. The van der Waals surface area contributed by atoms with Crippen LogP contribution in [0.1, 0.15) is 6.92 Å². The molecule has 1 heterocycles. The van der Waals surface area contributed by atoms with E-state index < -0.39 is 5.82 Å². The molecule has 6 heteroatoms. The topological polar surface area (TPSA) is 78.8 Å². The second kappa shape index (κ2) is 4.55. The van der Waals surface area contributed by atoms with E-state index in [1.807, 2.05) is 0 Å². The molecule has 0 aromatic carbocycles. The number of rotatable bonds is 3. The largest absolute Gasteiger partial charge is 0.368 e. The highest BCUT2D eigenvalue weighted by Crippen LogP contribution is 2.15. The first-order valence-corrected chi connectivity index (χ1v) is 4.43. The fourth-order valence-corrected chi connectivity index (χ4v) is 1.18. The van der Waals surface area contributed by atoms with E-state index in [-0.39, 0.29) is 17.7 Å². The predicted octanol–water partition coefficient (Wildman–Crippen LogP) is 0.794. The molecular weight excluding hydrogens is 197 g/mol. The van der Waals surface area contributed by atoms with Gasteiger partial charge in [0.05, 0.1) is 18.2 Å². The summed E-state index contributed by atoms with van der Waals surface area (Å²) < 4.78 is 13.3. The third kappa shape index (κ3) is 2.77. The van der Waals surface area contributed by atoms with E-state index in [1.54, 1.807) is 18.9 Å². The number of nitrogen functional groups attached to an aromatic ring is 1. The Morgan fingerprint density at radius 3 is 3.00 bits per heavy atom. The molecule has 1 rings (SSSR count). The van der Waals surface area contributed by atoms with Crippen LogP contribution in [-0.2, 0) is 0 Å². The van der Waals surface area contributed by atoms with Crippen LogP contribution in [0.2, 0.25) is 0 Å². The first-order valence-electron chi connectivity index (χ1n) is 4.43. The minimum atomic E-state index is -0.545. The van der Waals surface area contributed by atoms with Crippen LogP contribution in [0.25, 0.3) is 0 Å². The number of nitriles is 1. The van der Waals surface area contributed by atoms with Crippen molar-refractivity contribution in [1.29, 1.82) is 5.26 Å². The van der Waals surface area contributed by atoms with E-state index in [1.165, 1.54) is 0 Å². The Morgan fingerprint density at radius 1 is 1.73 bits per heavy atom. The zero-order chi connectivity index (χ0) is 11.4. The van der Waals surface area contributed by atoms with Gasteiger partial charge in [0, 0.05) is 13.6 Å². The van der Waals surface area contributed by atoms with Crippen molar-refractivity contribution in [3.63, 3.8) is 0 Å². The van der Waals surface area contributed by atoms with Crippen molar-refractivity contribution in [2.45, 2.75) is 6.92 Å². The normalized spacial score (nSPS) is 11.9. The monoisotopic (exact) mass is 209 g/mol. The van der Waals surface area contributed by atoms with Gasteiger partial charge in [0.2, 0.25) is 5.95 Å². The minimum Gasteiger partial charge on any atom is -0.368 e. The zero-order valence-electron chi connectivity index (χ0n) is 8.61. The molecule has 0 saturated carbocycles. The quantitative estimate of drug-likeness (QED) is 0.796. The lowest BCUT2D eigenvalue weighted by Crippen LogP contribution is -2.25. The Morgan fingerprint density at radius 2 is 2.40 bits per heavy atom. The molecule has 5 nitrogen and oxygen atoms in total. The number of nitrogens with two attached hydrogens (primary N) is 1. The summed E-state index contributed by atoms with van der Waals surface area (Å²) in [7, 11) is 1.65. The van der Waals surface area contributed by atoms with Gasteiger partial charge >= 0.3 is 0 Å². The maximum atomic E-state index is 13.3. The molecule has 0 aliphatic heterocycles. The van der Waals surface area contributed by atoms with Gasteiger partial charge in [-0.2, -0.15) is 10.2 Å². The molecular formula is C9H12FN5. The molecule has 0 aliphatic carbocycles. The van der Waals surface area contributed by atoms with Gasteiger partial charge in [0.15, 0.2) is 11.6 Å². The van der Waals surface area contributed by atoms with Gasteiger partial charge in [-0.3, -0.25) is 0 Å². The number of nitrogens with zero attached hydrogens (tertiary/aromatic N) is 4. The van der Waals surface area contributed by atoms with Crippen LogP contribution in [0, 0.1) is 23.1 Å². The van der Waals surface area contributed by atoms with Crippen molar-refractivity contribution >= 4 is 11.8 Å². The maximum absolute atomic E-state index is 13.3. The number of aromatic nitrogens is 2. The van der Waals surface area contributed by atoms with E-state index in [9.17, 15) is 4.39 Å². The molecule has 1 atom stereocenters. The maximum Gasteiger partial charge on any atom is 0.222 e. The molecule has 0 fully saturated rings. The number of anilines is 2. The van der Waals surface area contributed by atoms with Crippen LogP contribution >= 0.6 is 0 Å². The van der Waals surface area contributed by atoms with Gasteiger partial charge < -0.3 is 10.6 Å². The van der Waals surface area contributed by atoms with Crippen LogP contribution < -0.4 is 10.6 Å². The Bertz CT molecular complexity index is 387. The van der Waals surface area contributed by atoms with Gasteiger partial charge in [0.25, 0.3) is 0 Å². The highest BCUT2D eigenvalue weighted by Gasteiger charge is 2.12. The van der Waals surface area contributed by atoms with Crippen LogP contribution in [-0.4, -0.2) is 23.6 Å². The average molecular weight is 209 g/mol. The highest BCUT2D eigenvalue weighted by molar-refractivity contribution is 5.41. The Kier molecular flexibility index (Phi) is 3.39. The molecule has 0 amide bonds. The van der Waals surface area contributed by atoms with Crippen molar-refractivity contribution in [3.05, 3.63) is 12.0 Å². The van der Waals surface area contributed by atoms with E-state index in [0.29, 0.717) is 6.54 Å². The van der Waals surface area contributed by atoms with Crippen LogP contribution in [0.4, 0.5) is 16.2 Å². The van der Waals surface area contributed by atoms with Gasteiger partial charge in [-0.25, -0.2) is 9.37 Å². The molecule has 2 N–H and O–H groups in total. The molecule has 1 aromatic rings. The summed E-state index contributed by atoms with van der Waals surface area (Å²) in [6.07, 6.45) is 1.02. The zero-order valence-corrected chi connectivity index (χ0v) is 8.61. The number of halogens is 1. The summed E-state index contributed by atoms with van der Waals surface area (Å²) in [6, 6.07) is 2.06. The summed E-state index contributed by atoms with van der Waals surface area (Å²) in [5, 5.41) is 8.63. The summed E-state index contributed by atoms with van der Waals surface area (Å²) in [5.41, 5.74) is 5.35. The van der Waals surface area contributed by atoms with E-state index in [2.05, 4.69) is 16.0 Å². The lowest BCUT2D eigenvalue weighted by molar-refractivity contribution is 0.600. The standard InChI is InChI=1S/C9H12FN5/c1-6(3-11)5-15(2)8-7(10)4-13-9(12)14-8/h4,6H,5H2,1-2H3,(H2,12,13,14). The molecule has 15 heavy (non-hydrogen) atoms. The molecule has 1 aromatic heterocycles. The average Bonchev–Trinajstić information content (AvgIpc) is 2.21. The molecule has 0 spiro atoms. The number of hydrogen-bond donors (Lipinski definition) is 1. The predicted molar refractivity (Wildman–Crippen MR) is 54.4 cm³/mol. The van der Waals surface area contributed by atoms with Crippen LogP contribution in [0.3, 0.4) is 0 Å². The van der Waals surface area contributed by atoms with E-state index >= 15 is 0 Å². The third-order valence-corrected chi connectivity index (χ3v) is 1.87. The van der Waals surface area contributed by atoms with Gasteiger partial charge in [-0.15, -0.1) is 0 Å². The van der Waals surface area contributed by atoms with Crippen molar-refractivity contribution in [2.24, 2.45) is 5.92 Å². The first kappa shape index (κ1) is 11.2. The fourth-order valence-electron chi connectivity index (χ4n) is 1.18. The summed E-state index contributed by atoms with van der Waals surface area (Å²) in [5.74, 6) is -0.616. The van der Waals surface area contributed by atoms with Crippen molar-refractivity contribution in [2.75, 3.05) is 24.2 Å². The smallest absolute Gasteiger partial charge is 0.222 e. The third-order valence-electron chi connectivity index (χ3n) is 1.87. The Balaban J connectivity index is 2.86. The fraction of sp³-hybridized carbons (Fsp3) is 0.444. The molecule has 0 aliphatic rings. The van der Waals surface area contributed by atoms with Crippen molar-refractivity contribution < 1.29 is 4.39 Å². The van der Waals surface area contributed by atoms with Gasteiger partial charge in [-0.1, -0.05) is 0 Å². The first-order chi connectivity index (χ1) is 7.04. The summed E-state index contributed by atoms with van der Waals surface area (Å²) in [4.78, 5) is 8.83. The SMILES string of the molecule is CC(C#N)CN(C)c1nc(N)ncc1F. The van der Waals surface area contributed by atoms with Crippen LogP contribution in [0.5, 0.6) is 0 Å². The minimum absolute atomic E-state index is 0.0165. The summed E-state index contributed by atoms with van der Waals surface area (Å²) >= 11 is 0. The molecule has 0 bridgehead atoms. The highest BCUT2D eigenvalue weighted by atomic mass is 19.1. The second-order valence-electron chi connectivity index (χ2n) is 3.31. The van der Waals surface area contributed by atoms with E-state index in [4.69, 9.17) is 11.0 Å². The van der Waals surface area contributed by atoms with Gasteiger partial charge in [0.1, 0.15) is 0 Å². The number of hydrogen-bond acceptors (Lipinski definition) is 5. The van der Waals surface area contributed by atoms with Crippen LogP contribution in [0.15, 0.2) is 6.20 Å².